The first-order chi connectivity index (χ1) is 38.1. The van der Waals surface area contributed by atoms with Crippen molar-refractivity contribution in [2.45, 2.75) is 197 Å². The van der Waals surface area contributed by atoms with Crippen molar-refractivity contribution in [2.75, 3.05) is 7.11 Å². The quantitative estimate of drug-likeness (QED) is 0.154. The number of ether oxygens (including phenoxy) is 1. The van der Waals surface area contributed by atoms with Crippen molar-refractivity contribution in [1.29, 1.82) is 5.26 Å². The zero-order valence-electron chi connectivity index (χ0n) is 54.5. The molecule has 84 heavy (non-hydrogen) atoms. The second-order valence-electron chi connectivity index (χ2n) is 27.9. The van der Waals surface area contributed by atoms with Gasteiger partial charge in [0.25, 0.3) is 0 Å². The predicted octanol–water partition coefficient (Wildman–Crippen LogP) is 21.9. The lowest BCUT2D eigenvalue weighted by molar-refractivity contribution is 0.378. The van der Waals surface area contributed by atoms with Gasteiger partial charge in [0, 0.05) is 11.6 Å². The molecule has 0 radical (unpaired) electrons. The number of halogens is 8. The number of hydrogen-bond acceptors (Lipinski definition) is 3. The van der Waals surface area contributed by atoms with E-state index in [0.717, 1.165) is 56.8 Å². The molecule has 0 amide bonds. The molecule has 0 saturated heterocycles. The Balaban J connectivity index is 0.000000490. The molecule has 0 bridgehead atoms. The smallest absolute Gasteiger partial charge is 0.216 e. The lowest BCUT2D eigenvalue weighted by atomic mass is 9.84. The molecule has 0 spiro atoms. The molecule has 1 heterocycles. The Morgan fingerprint density at radius 3 is 0.929 bits per heavy atom. The standard InChI is InChI=1S/C11H12FN.2C11H15F.C10H12F2.C10H14FNO.2C10H13F/c1-11(2,3)9-4-8(7-13)5-10(12)6-9;2*1-8-5-6-9(12)7-10(8)11(2,3)4;1-10(2,3)7-4-8(11)6-9(12)5-7;1-10(2,3)8-5-7(11)6-12-9(8)13-4;2*1-10(2,3)8-5-4-6-9(11)7-8/h4-6H,1-3H3;2*5-7H,1-4H3;4-6H,1-3H3;5-6H,1-4H3;2*4-7H,1-3H3. The van der Waals surface area contributed by atoms with Gasteiger partial charge in [0.1, 0.15) is 46.5 Å². The Kier molecular flexibility index (Phi) is 28.1. The third-order valence-corrected chi connectivity index (χ3v) is 12.8. The summed E-state index contributed by atoms with van der Waals surface area (Å²) in [6, 6.07) is 34.9. The number of pyridine rings is 1. The number of benzene rings is 6. The van der Waals surface area contributed by atoms with Gasteiger partial charge in [-0.2, -0.15) is 5.26 Å². The van der Waals surface area contributed by atoms with Crippen molar-refractivity contribution in [3.63, 3.8) is 0 Å². The van der Waals surface area contributed by atoms with Gasteiger partial charge in [-0.1, -0.05) is 182 Å². The number of rotatable bonds is 1. The number of aryl methyl sites for hydroxylation is 2. The average Bonchev–Trinajstić information content (AvgIpc) is 3.52. The number of nitrogens with zero attached hydrogens (tertiary/aromatic N) is 2. The van der Waals surface area contributed by atoms with E-state index in [2.05, 4.69) is 88.1 Å². The van der Waals surface area contributed by atoms with E-state index in [1.165, 1.54) is 61.7 Å². The normalized spacial score (nSPS) is 11.6. The lowest BCUT2D eigenvalue weighted by Gasteiger charge is -2.21. The minimum atomic E-state index is -0.514. The van der Waals surface area contributed by atoms with E-state index in [1.807, 2.05) is 106 Å². The van der Waals surface area contributed by atoms with Crippen LogP contribution in [-0.2, 0) is 37.9 Å². The predicted molar refractivity (Wildman–Crippen MR) is 334 cm³/mol. The van der Waals surface area contributed by atoms with Crippen LogP contribution in [0.3, 0.4) is 0 Å². The molecule has 0 fully saturated rings. The third-order valence-electron chi connectivity index (χ3n) is 12.8. The molecule has 0 aliphatic rings. The van der Waals surface area contributed by atoms with Crippen LogP contribution in [0.15, 0.2) is 134 Å². The van der Waals surface area contributed by atoms with E-state index >= 15 is 0 Å². The Hall–Kier alpha value is -6.80. The first-order valence-electron chi connectivity index (χ1n) is 28.0. The topological polar surface area (TPSA) is 45.9 Å². The van der Waals surface area contributed by atoms with Gasteiger partial charge in [0.15, 0.2) is 0 Å². The van der Waals surface area contributed by atoms with Crippen molar-refractivity contribution in [3.8, 4) is 11.9 Å². The van der Waals surface area contributed by atoms with Crippen LogP contribution in [0.25, 0.3) is 0 Å². The fourth-order valence-electron chi connectivity index (χ4n) is 7.92. The molecule has 458 valence electrons. The van der Waals surface area contributed by atoms with E-state index in [0.29, 0.717) is 17.0 Å². The number of nitriles is 1. The highest BCUT2D eigenvalue weighted by atomic mass is 19.2. The van der Waals surface area contributed by atoms with Crippen molar-refractivity contribution < 1.29 is 39.9 Å². The zero-order valence-corrected chi connectivity index (χ0v) is 54.5. The summed E-state index contributed by atoms with van der Waals surface area (Å²) in [6.07, 6.45) is 1.16. The van der Waals surface area contributed by atoms with Crippen molar-refractivity contribution >= 4 is 0 Å². The molecule has 7 aromatic rings. The maximum absolute atomic E-state index is 13.0. The summed E-state index contributed by atoms with van der Waals surface area (Å²) in [7, 11) is 1.54. The van der Waals surface area contributed by atoms with E-state index in [4.69, 9.17) is 10.00 Å². The summed E-state index contributed by atoms with van der Waals surface area (Å²) >= 11 is 0. The Labute approximate surface area is 500 Å². The molecule has 0 aliphatic carbocycles. The molecule has 11 heteroatoms. The van der Waals surface area contributed by atoms with Crippen molar-refractivity contribution in [1.82, 2.24) is 4.98 Å². The molecule has 0 unspecified atom stereocenters. The first kappa shape index (κ1) is 75.2. The number of hydrogen-bond donors (Lipinski definition) is 0. The van der Waals surface area contributed by atoms with Crippen LogP contribution in [0.4, 0.5) is 35.1 Å². The van der Waals surface area contributed by atoms with Gasteiger partial charge >= 0.3 is 0 Å². The molecule has 3 nitrogen and oxygen atoms in total. The fraction of sp³-hybridized carbons (Fsp3) is 0.425. The third kappa shape index (κ3) is 27.7. The molecule has 0 atom stereocenters. The molecule has 1 aromatic heterocycles. The largest absolute Gasteiger partial charge is 0.481 e. The average molecular weight is 1170 g/mol. The number of methoxy groups -OCH3 is 1. The summed E-state index contributed by atoms with van der Waals surface area (Å²) in [6.45, 7) is 46.7. The fourth-order valence-corrected chi connectivity index (χ4v) is 7.92. The van der Waals surface area contributed by atoms with Gasteiger partial charge < -0.3 is 4.74 Å². The highest BCUT2D eigenvalue weighted by Crippen LogP contribution is 2.31. The molecular formula is C73H94F8N2O. The maximum Gasteiger partial charge on any atom is 0.216 e. The van der Waals surface area contributed by atoms with Crippen LogP contribution in [0.1, 0.15) is 201 Å². The van der Waals surface area contributed by atoms with Crippen LogP contribution < -0.4 is 4.74 Å². The Morgan fingerprint density at radius 1 is 0.333 bits per heavy atom. The van der Waals surface area contributed by atoms with Crippen molar-refractivity contribution in [2.24, 2.45) is 0 Å². The minimum Gasteiger partial charge on any atom is -0.481 e. The van der Waals surface area contributed by atoms with Crippen LogP contribution in [0.2, 0.25) is 0 Å². The van der Waals surface area contributed by atoms with Crippen LogP contribution >= 0.6 is 0 Å². The Bertz CT molecular complexity index is 3080. The van der Waals surface area contributed by atoms with Gasteiger partial charge in [-0.05, 0) is 181 Å². The zero-order chi connectivity index (χ0) is 65.1. The van der Waals surface area contributed by atoms with Gasteiger partial charge in [-0.25, -0.2) is 40.1 Å². The SMILES string of the molecule is CC(C)(C)c1cc(F)cc(C#N)c1.CC(C)(C)c1cc(F)cc(F)c1.CC(C)(C)c1cccc(F)c1.CC(C)(C)c1cccc(F)c1.COc1ncc(F)cc1C(C)(C)C.Cc1ccc(F)cc1C(C)(C)C.Cc1ccc(F)cc1C(C)(C)C. The second-order valence-corrected chi connectivity index (χ2v) is 27.9. The van der Waals surface area contributed by atoms with E-state index < -0.39 is 11.6 Å². The summed E-state index contributed by atoms with van der Waals surface area (Å²) < 4.78 is 108. The summed E-state index contributed by atoms with van der Waals surface area (Å²) in [5, 5.41) is 8.64. The molecule has 6 aromatic carbocycles. The molecular weight excluding hydrogens is 1070 g/mol. The second kappa shape index (κ2) is 31.4. The molecule has 0 aliphatic heterocycles. The molecule has 0 N–H and O–H groups in total. The van der Waals surface area contributed by atoms with Crippen LogP contribution in [0.5, 0.6) is 5.88 Å². The monoisotopic (exact) mass is 1170 g/mol. The van der Waals surface area contributed by atoms with Gasteiger partial charge in [0.2, 0.25) is 5.88 Å². The van der Waals surface area contributed by atoms with Crippen molar-refractivity contribution in [3.05, 3.63) is 236 Å². The van der Waals surface area contributed by atoms with Gasteiger partial charge in [-0.3, -0.25) is 0 Å². The minimum absolute atomic E-state index is 0.0339. The highest BCUT2D eigenvalue weighted by molar-refractivity contribution is 5.37. The van der Waals surface area contributed by atoms with Crippen LogP contribution in [-0.4, -0.2) is 12.1 Å². The first-order valence-corrected chi connectivity index (χ1v) is 28.0. The van der Waals surface area contributed by atoms with E-state index in [-0.39, 0.29) is 72.8 Å². The summed E-state index contributed by atoms with van der Waals surface area (Å²) in [5.74, 6) is -1.81. The van der Waals surface area contributed by atoms with Gasteiger partial charge in [-0.15, -0.1) is 0 Å². The van der Waals surface area contributed by atoms with Crippen LogP contribution in [0, 0.1) is 71.7 Å². The summed E-state index contributed by atoms with van der Waals surface area (Å²) in [4.78, 5) is 3.87. The Morgan fingerprint density at radius 2 is 0.643 bits per heavy atom. The maximum atomic E-state index is 13.0. The molecule has 7 rings (SSSR count). The van der Waals surface area contributed by atoms with E-state index in [9.17, 15) is 35.1 Å². The summed E-state index contributed by atoms with van der Waals surface area (Å²) in [5.41, 5.74) is 8.94. The van der Waals surface area contributed by atoms with E-state index in [1.54, 1.807) is 42.5 Å². The lowest BCUT2D eigenvalue weighted by Crippen LogP contribution is -2.14. The number of aromatic nitrogens is 1. The highest BCUT2D eigenvalue weighted by Gasteiger charge is 2.22. The van der Waals surface area contributed by atoms with Gasteiger partial charge in [0.05, 0.1) is 24.9 Å². The molecule has 0 saturated carbocycles.